The Balaban J connectivity index is 2.46. The maximum absolute atomic E-state index is 11.7. The fraction of sp³-hybridized carbons (Fsp3) is 0.600. The van der Waals surface area contributed by atoms with Crippen LogP contribution in [0.1, 0.15) is 35.1 Å². The number of rotatable bonds is 6. The van der Waals surface area contributed by atoms with Crippen molar-refractivity contribution in [2.75, 3.05) is 11.5 Å². The van der Waals surface area contributed by atoms with Crippen LogP contribution in [-0.4, -0.2) is 30.7 Å². The average molecular weight is 261 g/mol. The molecule has 16 heavy (non-hydrogen) atoms. The van der Waals surface area contributed by atoms with Gasteiger partial charge >= 0.3 is 0 Å². The molecule has 1 rings (SSSR count). The Bertz CT molecular complexity index is 462. The van der Waals surface area contributed by atoms with Crippen LogP contribution in [0.4, 0.5) is 0 Å². The van der Waals surface area contributed by atoms with Crippen molar-refractivity contribution < 1.29 is 13.2 Å². The summed E-state index contributed by atoms with van der Waals surface area (Å²) < 4.78 is 22.4. The Kier molecular flexibility index (Phi) is 4.61. The van der Waals surface area contributed by atoms with Gasteiger partial charge in [0.2, 0.25) is 0 Å². The van der Waals surface area contributed by atoms with Gasteiger partial charge in [0.05, 0.1) is 21.8 Å². The molecule has 90 valence electrons. The molecule has 0 bridgehead atoms. The monoisotopic (exact) mass is 261 g/mol. The second-order valence-corrected chi connectivity index (χ2v) is 6.86. The lowest BCUT2D eigenvalue weighted by Crippen LogP contribution is -2.10. The minimum atomic E-state index is -2.96. The summed E-state index contributed by atoms with van der Waals surface area (Å²) in [4.78, 5) is 16.3. The highest BCUT2D eigenvalue weighted by Gasteiger charge is 2.13. The first kappa shape index (κ1) is 13.3. The summed E-state index contributed by atoms with van der Waals surface area (Å²) in [5.41, 5.74) is 2.36. The number of carbonyl (C=O) groups is 1. The number of Topliss-reactive ketones (excluding diaryl/α,β-unsaturated/α-hetero) is 1. The van der Waals surface area contributed by atoms with E-state index in [2.05, 4.69) is 4.98 Å². The number of sulfone groups is 1. The van der Waals surface area contributed by atoms with Gasteiger partial charge in [0, 0.05) is 12.2 Å². The third kappa shape index (κ3) is 3.68. The first-order chi connectivity index (χ1) is 7.46. The molecule has 0 aliphatic heterocycles. The average Bonchev–Trinajstić information content (AvgIpc) is 2.64. The van der Waals surface area contributed by atoms with Gasteiger partial charge in [0.1, 0.15) is 9.84 Å². The van der Waals surface area contributed by atoms with Crippen molar-refractivity contribution >= 4 is 27.0 Å². The van der Waals surface area contributed by atoms with E-state index in [1.807, 2.05) is 0 Å². The zero-order chi connectivity index (χ0) is 12.2. The minimum absolute atomic E-state index is 0.00805. The molecule has 0 aliphatic rings. The van der Waals surface area contributed by atoms with Gasteiger partial charge in [-0.1, -0.05) is 6.92 Å². The molecule has 0 N–H and O–H groups in total. The van der Waals surface area contributed by atoms with Crippen LogP contribution in [0, 0.1) is 6.92 Å². The summed E-state index contributed by atoms with van der Waals surface area (Å²) >= 11 is 1.31. The molecule has 0 unspecified atom stereocenters. The van der Waals surface area contributed by atoms with Gasteiger partial charge in [-0.3, -0.25) is 4.79 Å². The van der Waals surface area contributed by atoms with Crippen LogP contribution in [0.5, 0.6) is 0 Å². The van der Waals surface area contributed by atoms with Gasteiger partial charge in [0.25, 0.3) is 0 Å². The van der Waals surface area contributed by atoms with Crippen LogP contribution in [0.25, 0.3) is 0 Å². The van der Waals surface area contributed by atoms with Gasteiger partial charge in [-0.05, 0) is 13.3 Å². The fourth-order valence-corrected chi connectivity index (χ4v) is 2.93. The van der Waals surface area contributed by atoms with E-state index in [-0.39, 0.29) is 23.7 Å². The van der Waals surface area contributed by atoms with Crippen molar-refractivity contribution in [3.05, 3.63) is 16.1 Å². The predicted molar refractivity (Wildman–Crippen MR) is 64.7 cm³/mol. The number of aromatic nitrogens is 1. The number of hydrogen-bond acceptors (Lipinski definition) is 5. The number of hydrogen-bond donors (Lipinski definition) is 0. The minimum Gasteiger partial charge on any atom is -0.293 e. The smallest absolute Gasteiger partial charge is 0.174 e. The van der Waals surface area contributed by atoms with E-state index in [4.69, 9.17) is 0 Å². The Morgan fingerprint density at radius 2 is 2.19 bits per heavy atom. The second kappa shape index (κ2) is 5.54. The lowest BCUT2D eigenvalue weighted by molar-refractivity contribution is 0.0985. The largest absolute Gasteiger partial charge is 0.293 e. The molecule has 0 aliphatic carbocycles. The molecule has 0 spiro atoms. The maximum atomic E-state index is 11.7. The molecule has 0 saturated carbocycles. The molecule has 4 nitrogen and oxygen atoms in total. The van der Waals surface area contributed by atoms with Crippen LogP contribution < -0.4 is 0 Å². The van der Waals surface area contributed by atoms with Crippen molar-refractivity contribution in [3.8, 4) is 0 Å². The molecule has 0 amide bonds. The molecule has 0 atom stereocenters. The Morgan fingerprint density at radius 1 is 1.50 bits per heavy atom. The lowest BCUT2D eigenvalue weighted by Gasteiger charge is -2.00. The number of aryl methyl sites for hydroxylation is 1. The van der Waals surface area contributed by atoms with Crippen molar-refractivity contribution in [1.29, 1.82) is 0 Å². The van der Waals surface area contributed by atoms with Crippen LogP contribution in [-0.2, 0) is 9.84 Å². The molecule has 6 heteroatoms. The highest BCUT2D eigenvalue weighted by molar-refractivity contribution is 7.91. The lowest BCUT2D eigenvalue weighted by atomic mass is 10.2. The van der Waals surface area contributed by atoms with Crippen LogP contribution >= 0.6 is 11.3 Å². The third-order valence-electron chi connectivity index (χ3n) is 2.30. The number of carbonyl (C=O) groups excluding carboxylic acids is 1. The molecule has 0 fully saturated rings. The van der Waals surface area contributed by atoms with Crippen molar-refractivity contribution in [3.63, 3.8) is 0 Å². The van der Waals surface area contributed by atoms with E-state index in [0.29, 0.717) is 11.3 Å². The van der Waals surface area contributed by atoms with Crippen LogP contribution in [0.2, 0.25) is 0 Å². The highest BCUT2D eigenvalue weighted by atomic mass is 32.2. The summed E-state index contributed by atoms with van der Waals surface area (Å²) in [7, 11) is -2.96. The maximum Gasteiger partial charge on any atom is 0.174 e. The molecule has 0 aromatic carbocycles. The van der Waals surface area contributed by atoms with E-state index in [0.717, 1.165) is 5.69 Å². The molecule has 1 aromatic heterocycles. The summed E-state index contributed by atoms with van der Waals surface area (Å²) in [6.45, 7) is 3.40. The standard InChI is InChI=1S/C10H15NO3S2/c1-3-16(13,14)6-4-5-9(12)10-8(2)11-7-15-10/h7H,3-6H2,1-2H3. The summed E-state index contributed by atoms with van der Waals surface area (Å²) in [5.74, 6) is 0.222. The van der Waals surface area contributed by atoms with Crippen LogP contribution in [0.3, 0.4) is 0 Å². The topological polar surface area (TPSA) is 64.1 Å². The van der Waals surface area contributed by atoms with E-state index >= 15 is 0 Å². The SMILES string of the molecule is CCS(=O)(=O)CCCC(=O)c1scnc1C. The summed E-state index contributed by atoms with van der Waals surface area (Å²) in [6.07, 6.45) is 0.675. The molecule has 1 heterocycles. The summed E-state index contributed by atoms with van der Waals surface area (Å²) in [6, 6.07) is 0. The quantitative estimate of drug-likeness (QED) is 0.733. The van der Waals surface area contributed by atoms with E-state index < -0.39 is 9.84 Å². The van der Waals surface area contributed by atoms with Gasteiger partial charge in [-0.25, -0.2) is 13.4 Å². The molecule has 1 aromatic rings. The molecule has 0 radical (unpaired) electrons. The van der Waals surface area contributed by atoms with E-state index in [1.165, 1.54) is 11.3 Å². The highest BCUT2D eigenvalue weighted by Crippen LogP contribution is 2.15. The molecule has 0 saturated heterocycles. The first-order valence-electron chi connectivity index (χ1n) is 5.10. The Morgan fingerprint density at radius 3 is 2.69 bits per heavy atom. The zero-order valence-corrected chi connectivity index (χ0v) is 11.0. The normalized spacial score (nSPS) is 11.6. The van der Waals surface area contributed by atoms with Crippen molar-refractivity contribution in [2.24, 2.45) is 0 Å². The van der Waals surface area contributed by atoms with Crippen LogP contribution in [0.15, 0.2) is 5.51 Å². The van der Waals surface area contributed by atoms with Gasteiger partial charge in [-0.2, -0.15) is 0 Å². The van der Waals surface area contributed by atoms with E-state index in [1.54, 1.807) is 19.4 Å². The van der Waals surface area contributed by atoms with Gasteiger partial charge < -0.3 is 0 Å². The van der Waals surface area contributed by atoms with Gasteiger partial charge in [-0.15, -0.1) is 11.3 Å². The van der Waals surface area contributed by atoms with Crippen molar-refractivity contribution in [2.45, 2.75) is 26.7 Å². The number of ketones is 1. The third-order valence-corrected chi connectivity index (χ3v) is 5.06. The Labute approximate surface area is 99.6 Å². The first-order valence-corrected chi connectivity index (χ1v) is 7.80. The Hall–Kier alpha value is -0.750. The van der Waals surface area contributed by atoms with Crippen molar-refractivity contribution in [1.82, 2.24) is 4.98 Å². The summed E-state index contributed by atoms with van der Waals surface area (Å²) in [5, 5.41) is 0. The predicted octanol–water partition coefficient (Wildman–Crippen LogP) is 1.85. The van der Waals surface area contributed by atoms with E-state index in [9.17, 15) is 13.2 Å². The molecular weight excluding hydrogens is 246 g/mol. The zero-order valence-electron chi connectivity index (χ0n) is 9.39. The second-order valence-electron chi connectivity index (χ2n) is 3.53. The van der Waals surface area contributed by atoms with Gasteiger partial charge in [0.15, 0.2) is 5.78 Å². The number of nitrogens with zero attached hydrogens (tertiary/aromatic N) is 1. The fourth-order valence-electron chi connectivity index (χ4n) is 1.28. The molecular formula is C10H15NO3S2. The number of thiazole rings is 1.